The van der Waals surface area contributed by atoms with Gasteiger partial charge in [0.2, 0.25) is 0 Å². The van der Waals surface area contributed by atoms with Crippen LogP contribution >= 0.6 is 15.9 Å². The van der Waals surface area contributed by atoms with E-state index < -0.39 is 0 Å². The van der Waals surface area contributed by atoms with Crippen LogP contribution < -0.4 is 9.64 Å². The van der Waals surface area contributed by atoms with Crippen molar-refractivity contribution >= 4 is 39.2 Å². The fourth-order valence-electron chi connectivity index (χ4n) is 3.73. The summed E-state index contributed by atoms with van der Waals surface area (Å²) in [4.78, 5) is 15.0. The van der Waals surface area contributed by atoms with Gasteiger partial charge in [0.15, 0.2) is 0 Å². The van der Waals surface area contributed by atoms with Crippen LogP contribution in [0, 0.1) is 12.8 Å². The lowest BCUT2D eigenvalue weighted by molar-refractivity contribution is -0.113. The largest absolute Gasteiger partial charge is 0.488 e. The van der Waals surface area contributed by atoms with E-state index in [1.54, 1.807) is 0 Å². The second kappa shape index (κ2) is 9.11. The topological polar surface area (TPSA) is 29.5 Å². The van der Waals surface area contributed by atoms with E-state index in [1.165, 1.54) is 5.56 Å². The number of hydrogen-bond acceptors (Lipinski definition) is 2. The van der Waals surface area contributed by atoms with Crippen molar-refractivity contribution in [2.24, 2.45) is 5.92 Å². The van der Waals surface area contributed by atoms with Crippen molar-refractivity contribution in [2.75, 3.05) is 11.4 Å². The highest BCUT2D eigenvalue weighted by Gasteiger charge is 2.32. The molecule has 158 valence electrons. The second-order valence-electron chi connectivity index (χ2n) is 8.35. The van der Waals surface area contributed by atoms with Crippen LogP contribution in [0.2, 0.25) is 0 Å². The maximum atomic E-state index is 13.2. The smallest absolute Gasteiger partial charge is 0.259 e. The predicted molar refractivity (Wildman–Crippen MR) is 131 cm³/mol. The van der Waals surface area contributed by atoms with Crippen LogP contribution in [-0.4, -0.2) is 12.5 Å². The van der Waals surface area contributed by atoms with Gasteiger partial charge in [-0.05, 0) is 64.2 Å². The summed E-state index contributed by atoms with van der Waals surface area (Å²) in [6.45, 7) is 7.55. The van der Waals surface area contributed by atoms with Crippen LogP contribution in [0.3, 0.4) is 0 Å². The SMILES string of the molecule is Cc1ccc(COc2ccc(/C=C3\C(=O)N(CC(C)C)c4ccccc43)cc2Br)cc1. The quantitative estimate of drug-likeness (QED) is 0.363. The summed E-state index contributed by atoms with van der Waals surface area (Å²) in [5, 5.41) is 0. The van der Waals surface area contributed by atoms with Crippen LogP contribution in [-0.2, 0) is 11.4 Å². The van der Waals surface area contributed by atoms with Crippen molar-refractivity contribution in [3.05, 3.63) is 93.5 Å². The summed E-state index contributed by atoms with van der Waals surface area (Å²) in [6, 6.07) is 22.3. The molecule has 3 aromatic rings. The van der Waals surface area contributed by atoms with Gasteiger partial charge in [-0.15, -0.1) is 0 Å². The zero-order chi connectivity index (χ0) is 22.0. The Bertz CT molecular complexity index is 1130. The molecular formula is C27H26BrNO2. The lowest BCUT2D eigenvalue weighted by Crippen LogP contribution is -2.30. The zero-order valence-electron chi connectivity index (χ0n) is 18.1. The number of aryl methyl sites for hydroxylation is 1. The van der Waals surface area contributed by atoms with Crippen molar-refractivity contribution in [1.82, 2.24) is 0 Å². The maximum Gasteiger partial charge on any atom is 0.259 e. The molecule has 4 heteroatoms. The van der Waals surface area contributed by atoms with E-state index in [2.05, 4.69) is 61.0 Å². The van der Waals surface area contributed by atoms with Gasteiger partial charge in [-0.1, -0.05) is 67.9 Å². The molecule has 0 fully saturated rings. The van der Waals surface area contributed by atoms with Gasteiger partial charge in [0.25, 0.3) is 5.91 Å². The minimum Gasteiger partial charge on any atom is -0.488 e. The van der Waals surface area contributed by atoms with E-state index in [9.17, 15) is 4.79 Å². The summed E-state index contributed by atoms with van der Waals surface area (Å²) < 4.78 is 6.85. The summed E-state index contributed by atoms with van der Waals surface area (Å²) >= 11 is 3.62. The van der Waals surface area contributed by atoms with E-state index in [-0.39, 0.29) is 5.91 Å². The molecule has 0 atom stereocenters. The molecule has 1 amide bonds. The first kappa shape index (κ1) is 21.4. The minimum absolute atomic E-state index is 0.0609. The molecule has 0 aromatic heterocycles. The van der Waals surface area contributed by atoms with Gasteiger partial charge in [0.1, 0.15) is 12.4 Å². The van der Waals surface area contributed by atoms with Crippen LogP contribution in [0.5, 0.6) is 5.75 Å². The third-order valence-electron chi connectivity index (χ3n) is 5.29. The molecule has 0 saturated carbocycles. The number of amides is 1. The first-order valence-corrected chi connectivity index (χ1v) is 11.3. The highest BCUT2D eigenvalue weighted by atomic mass is 79.9. The Kier molecular flexibility index (Phi) is 6.28. The van der Waals surface area contributed by atoms with Crippen LogP contribution in [0.25, 0.3) is 11.6 Å². The van der Waals surface area contributed by atoms with Gasteiger partial charge >= 0.3 is 0 Å². The average molecular weight is 476 g/mol. The van der Waals surface area contributed by atoms with E-state index in [1.807, 2.05) is 53.4 Å². The van der Waals surface area contributed by atoms with Crippen LogP contribution in [0.1, 0.15) is 36.1 Å². The molecular weight excluding hydrogens is 450 g/mol. The molecule has 0 radical (unpaired) electrons. The normalized spacial score (nSPS) is 14.4. The second-order valence-corrected chi connectivity index (χ2v) is 9.20. The molecule has 3 aromatic carbocycles. The first-order chi connectivity index (χ1) is 14.9. The zero-order valence-corrected chi connectivity index (χ0v) is 19.6. The lowest BCUT2D eigenvalue weighted by atomic mass is 10.0. The number of rotatable bonds is 6. The van der Waals surface area contributed by atoms with Crippen LogP contribution in [0.15, 0.2) is 71.2 Å². The van der Waals surface area contributed by atoms with Crippen LogP contribution in [0.4, 0.5) is 5.69 Å². The minimum atomic E-state index is 0.0609. The maximum absolute atomic E-state index is 13.2. The fraction of sp³-hybridized carbons (Fsp3) is 0.222. The Hall–Kier alpha value is -2.85. The van der Waals surface area contributed by atoms with E-state index in [0.717, 1.165) is 38.2 Å². The number of fused-ring (bicyclic) bond motifs is 1. The predicted octanol–water partition coefficient (Wildman–Crippen LogP) is 6.88. The molecule has 1 heterocycles. The number of carbonyl (C=O) groups excluding carboxylic acids is 1. The number of carbonyl (C=O) groups is 1. The molecule has 0 N–H and O–H groups in total. The highest BCUT2D eigenvalue weighted by molar-refractivity contribution is 9.10. The monoisotopic (exact) mass is 475 g/mol. The third kappa shape index (κ3) is 4.75. The standard InChI is InChI=1S/C27H26BrNO2/c1-18(2)16-29-25-7-5-4-6-22(25)23(27(29)30)14-21-12-13-26(24(28)15-21)31-17-20-10-8-19(3)9-11-20/h4-15,18H,16-17H2,1-3H3/b23-14-. The Labute approximate surface area is 192 Å². The van der Waals surface area contributed by atoms with Crippen molar-refractivity contribution < 1.29 is 9.53 Å². The Morgan fingerprint density at radius 2 is 1.77 bits per heavy atom. The number of hydrogen-bond donors (Lipinski definition) is 0. The van der Waals surface area contributed by atoms with Gasteiger partial charge in [-0.2, -0.15) is 0 Å². The highest BCUT2D eigenvalue weighted by Crippen LogP contribution is 2.38. The van der Waals surface area contributed by atoms with Crippen molar-refractivity contribution in [1.29, 1.82) is 0 Å². The van der Waals surface area contributed by atoms with E-state index >= 15 is 0 Å². The number of nitrogens with zero attached hydrogens (tertiary/aromatic N) is 1. The molecule has 0 bridgehead atoms. The number of ether oxygens (including phenoxy) is 1. The van der Waals surface area contributed by atoms with E-state index in [0.29, 0.717) is 19.1 Å². The van der Waals surface area contributed by atoms with Crippen molar-refractivity contribution in [3.8, 4) is 5.75 Å². The van der Waals surface area contributed by atoms with E-state index in [4.69, 9.17) is 4.74 Å². The number of para-hydroxylation sites is 1. The number of halogens is 1. The number of anilines is 1. The van der Waals surface area contributed by atoms with Gasteiger partial charge in [0.05, 0.1) is 10.2 Å². The average Bonchev–Trinajstić information content (AvgIpc) is 3.00. The molecule has 0 saturated heterocycles. The van der Waals surface area contributed by atoms with Gasteiger partial charge in [-0.25, -0.2) is 0 Å². The number of benzene rings is 3. The van der Waals surface area contributed by atoms with Gasteiger partial charge in [-0.3, -0.25) is 4.79 Å². The van der Waals surface area contributed by atoms with Crippen molar-refractivity contribution in [3.63, 3.8) is 0 Å². The Morgan fingerprint density at radius 3 is 2.48 bits per heavy atom. The van der Waals surface area contributed by atoms with Crippen molar-refractivity contribution in [2.45, 2.75) is 27.4 Å². The summed E-state index contributed by atoms with van der Waals surface area (Å²) in [6.07, 6.45) is 1.97. The molecule has 1 aliphatic rings. The molecule has 3 nitrogen and oxygen atoms in total. The molecule has 0 spiro atoms. The Balaban J connectivity index is 1.56. The molecule has 4 rings (SSSR count). The summed E-state index contributed by atoms with van der Waals surface area (Å²) in [5.74, 6) is 1.24. The molecule has 1 aliphatic heterocycles. The fourth-order valence-corrected chi connectivity index (χ4v) is 4.24. The molecule has 0 unspecified atom stereocenters. The van der Waals surface area contributed by atoms with Gasteiger partial charge in [0, 0.05) is 17.7 Å². The summed E-state index contributed by atoms with van der Waals surface area (Å²) in [5.41, 5.74) is 6.03. The lowest BCUT2D eigenvalue weighted by Gasteiger charge is -2.19. The first-order valence-electron chi connectivity index (χ1n) is 10.5. The Morgan fingerprint density at radius 1 is 1.03 bits per heavy atom. The molecule has 0 aliphatic carbocycles. The summed E-state index contributed by atoms with van der Waals surface area (Å²) in [7, 11) is 0. The molecule has 31 heavy (non-hydrogen) atoms. The third-order valence-corrected chi connectivity index (χ3v) is 5.91. The van der Waals surface area contributed by atoms with Gasteiger partial charge < -0.3 is 9.64 Å².